The number of amides is 2. The number of hydrogen-bond donors (Lipinski definition) is 1. The highest BCUT2D eigenvalue weighted by atomic mass is 32.2. The van der Waals surface area contributed by atoms with Crippen LogP contribution in [0.5, 0.6) is 0 Å². The van der Waals surface area contributed by atoms with Crippen LogP contribution in [0.1, 0.15) is 27.2 Å². The van der Waals surface area contributed by atoms with Gasteiger partial charge in [-0.25, -0.2) is 4.79 Å². The van der Waals surface area contributed by atoms with Crippen LogP contribution >= 0.6 is 11.8 Å². The van der Waals surface area contributed by atoms with E-state index in [-0.39, 0.29) is 24.3 Å². The second-order valence-corrected chi connectivity index (χ2v) is 5.58. The van der Waals surface area contributed by atoms with E-state index in [1.807, 2.05) is 18.7 Å². The van der Waals surface area contributed by atoms with Crippen LogP contribution < -0.4 is 5.32 Å². The summed E-state index contributed by atoms with van der Waals surface area (Å²) >= 11 is 1.77. The molecule has 1 rings (SSSR count). The van der Waals surface area contributed by atoms with Gasteiger partial charge in [-0.3, -0.25) is 0 Å². The Hall–Kier alpha value is -0.420. The minimum absolute atomic E-state index is 0.0490. The van der Waals surface area contributed by atoms with Crippen molar-refractivity contribution in [2.24, 2.45) is 0 Å². The number of urea groups is 1. The maximum atomic E-state index is 12.1. The van der Waals surface area contributed by atoms with Crippen LogP contribution in [0.3, 0.4) is 0 Å². The number of hydrogen-bond acceptors (Lipinski definition) is 3. The fourth-order valence-corrected chi connectivity index (χ4v) is 2.79. The molecule has 3 atom stereocenters. The Morgan fingerprint density at radius 2 is 2.06 bits per heavy atom. The summed E-state index contributed by atoms with van der Waals surface area (Å²) in [5, 5.41) is 3.09. The zero-order chi connectivity index (χ0) is 12.8. The van der Waals surface area contributed by atoms with Crippen LogP contribution in [0.2, 0.25) is 0 Å². The summed E-state index contributed by atoms with van der Waals surface area (Å²) in [6.45, 7) is 7.49. The van der Waals surface area contributed by atoms with Crippen LogP contribution in [0, 0.1) is 0 Å². The van der Waals surface area contributed by atoms with Gasteiger partial charge in [-0.2, -0.15) is 11.8 Å². The maximum Gasteiger partial charge on any atom is 0.317 e. The number of morpholine rings is 1. The normalized spacial score (nSPS) is 26.7. The van der Waals surface area contributed by atoms with Crippen molar-refractivity contribution < 1.29 is 9.53 Å². The van der Waals surface area contributed by atoms with E-state index in [1.165, 1.54) is 0 Å². The minimum Gasteiger partial charge on any atom is -0.372 e. The molecule has 0 aromatic carbocycles. The highest BCUT2D eigenvalue weighted by Gasteiger charge is 2.26. The molecule has 1 fully saturated rings. The van der Waals surface area contributed by atoms with Crippen molar-refractivity contribution in [2.75, 3.05) is 25.1 Å². The number of nitrogens with one attached hydrogen (secondary N) is 1. The third-order valence-corrected chi connectivity index (χ3v) is 3.63. The molecule has 17 heavy (non-hydrogen) atoms. The third-order valence-electron chi connectivity index (χ3n) is 2.90. The lowest BCUT2D eigenvalue weighted by Gasteiger charge is -2.36. The SMILES string of the molecule is CC[C@H](CSC)NC(=O)N1C[C@@H](C)O[C@H](C)C1. The van der Waals surface area contributed by atoms with Gasteiger partial charge in [-0.05, 0) is 26.5 Å². The van der Waals surface area contributed by atoms with Gasteiger partial charge in [-0.15, -0.1) is 0 Å². The van der Waals surface area contributed by atoms with Crippen molar-refractivity contribution in [2.45, 2.75) is 45.4 Å². The first-order valence-corrected chi connectivity index (χ1v) is 7.66. The van der Waals surface area contributed by atoms with E-state index in [1.54, 1.807) is 11.8 Å². The fourth-order valence-electron chi connectivity index (χ4n) is 2.07. The second kappa shape index (κ2) is 7.11. The molecule has 0 unspecified atom stereocenters. The van der Waals surface area contributed by atoms with Gasteiger partial charge in [-0.1, -0.05) is 6.92 Å². The summed E-state index contributed by atoms with van der Waals surface area (Å²) in [6, 6.07) is 0.318. The highest BCUT2D eigenvalue weighted by Crippen LogP contribution is 2.11. The van der Waals surface area contributed by atoms with Crippen molar-refractivity contribution in [3.05, 3.63) is 0 Å². The lowest BCUT2D eigenvalue weighted by atomic mass is 10.2. The van der Waals surface area contributed by atoms with Crippen LogP contribution in [0.4, 0.5) is 4.79 Å². The Labute approximate surface area is 108 Å². The molecule has 0 bridgehead atoms. The number of thioether (sulfide) groups is 1. The highest BCUT2D eigenvalue weighted by molar-refractivity contribution is 7.98. The first-order chi connectivity index (χ1) is 8.06. The summed E-state index contributed by atoms with van der Waals surface area (Å²) in [5.74, 6) is 0.970. The molecule has 5 heteroatoms. The van der Waals surface area contributed by atoms with Gasteiger partial charge in [0.2, 0.25) is 0 Å². The Bertz CT molecular complexity index is 241. The molecule has 1 heterocycles. The van der Waals surface area contributed by atoms with Crippen molar-refractivity contribution in [3.8, 4) is 0 Å². The minimum atomic E-state index is 0.0490. The Kier molecular flexibility index (Phi) is 6.12. The monoisotopic (exact) mass is 260 g/mol. The average molecular weight is 260 g/mol. The molecule has 1 saturated heterocycles. The predicted molar refractivity (Wildman–Crippen MR) is 72.6 cm³/mol. The number of rotatable bonds is 4. The Morgan fingerprint density at radius 3 is 2.53 bits per heavy atom. The molecule has 100 valence electrons. The number of carbonyl (C=O) groups excluding carboxylic acids is 1. The van der Waals surface area contributed by atoms with Crippen molar-refractivity contribution in [1.82, 2.24) is 10.2 Å². The van der Waals surface area contributed by atoms with E-state index in [4.69, 9.17) is 4.74 Å². The van der Waals surface area contributed by atoms with Gasteiger partial charge in [0.25, 0.3) is 0 Å². The van der Waals surface area contributed by atoms with Crippen LogP contribution in [-0.2, 0) is 4.74 Å². The van der Waals surface area contributed by atoms with Gasteiger partial charge in [0.05, 0.1) is 12.2 Å². The molecule has 0 spiro atoms. The maximum absolute atomic E-state index is 12.1. The molecular formula is C12H24N2O2S. The van der Waals surface area contributed by atoms with Gasteiger partial charge >= 0.3 is 6.03 Å². The summed E-state index contributed by atoms with van der Waals surface area (Å²) in [5.41, 5.74) is 0. The first-order valence-electron chi connectivity index (χ1n) is 6.26. The van der Waals surface area contributed by atoms with Crippen LogP contribution in [0.25, 0.3) is 0 Å². The van der Waals surface area contributed by atoms with Gasteiger partial charge < -0.3 is 15.0 Å². The van der Waals surface area contributed by atoms with Crippen molar-refractivity contribution in [1.29, 1.82) is 0 Å². The molecular weight excluding hydrogens is 236 g/mol. The van der Waals surface area contributed by atoms with Gasteiger partial charge in [0.15, 0.2) is 0 Å². The molecule has 2 amide bonds. The molecule has 0 saturated carbocycles. The quantitative estimate of drug-likeness (QED) is 0.840. The molecule has 4 nitrogen and oxygen atoms in total. The fraction of sp³-hybridized carbons (Fsp3) is 0.917. The zero-order valence-electron chi connectivity index (χ0n) is 11.2. The van der Waals surface area contributed by atoms with Gasteiger partial charge in [0, 0.05) is 24.9 Å². The molecule has 1 aliphatic rings. The van der Waals surface area contributed by atoms with E-state index in [2.05, 4.69) is 18.5 Å². The summed E-state index contributed by atoms with van der Waals surface area (Å²) in [4.78, 5) is 13.9. The lowest BCUT2D eigenvalue weighted by Crippen LogP contribution is -2.53. The van der Waals surface area contributed by atoms with Crippen LogP contribution in [0.15, 0.2) is 0 Å². The molecule has 1 N–H and O–H groups in total. The Morgan fingerprint density at radius 1 is 1.47 bits per heavy atom. The number of ether oxygens (including phenoxy) is 1. The second-order valence-electron chi connectivity index (χ2n) is 4.67. The standard InChI is InChI=1S/C12H24N2O2S/c1-5-11(8-17-4)13-12(15)14-6-9(2)16-10(3)7-14/h9-11H,5-8H2,1-4H3,(H,13,15)/t9-,10-,11-/m1/s1. The molecule has 0 aromatic heterocycles. The van der Waals surface area contributed by atoms with E-state index in [0.29, 0.717) is 13.1 Å². The molecule has 0 aromatic rings. The number of nitrogens with zero attached hydrogens (tertiary/aromatic N) is 1. The predicted octanol–water partition coefficient (Wildman–Crippen LogP) is 1.95. The molecule has 0 radical (unpaired) electrons. The smallest absolute Gasteiger partial charge is 0.317 e. The van der Waals surface area contributed by atoms with E-state index >= 15 is 0 Å². The number of carbonyl (C=O) groups is 1. The third kappa shape index (κ3) is 4.76. The first kappa shape index (κ1) is 14.6. The summed E-state index contributed by atoms with van der Waals surface area (Å²) in [7, 11) is 0. The summed E-state index contributed by atoms with van der Waals surface area (Å²) < 4.78 is 5.62. The largest absolute Gasteiger partial charge is 0.372 e. The van der Waals surface area contributed by atoms with E-state index < -0.39 is 0 Å². The molecule has 1 aliphatic heterocycles. The topological polar surface area (TPSA) is 41.6 Å². The lowest BCUT2D eigenvalue weighted by molar-refractivity contribution is -0.0547. The average Bonchev–Trinajstić information content (AvgIpc) is 2.27. The van der Waals surface area contributed by atoms with Gasteiger partial charge in [0.1, 0.15) is 0 Å². The Balaban J connectivity index is 2.45. The summed E-state index contributed by atoms with van der Waals surface area (Å²) in [6.07, 6.45) is 3.30. The van der Waals surface area contributed by atoms with Crippen molar-refractivity contribution in [3.63, 3.8) is 0 Å². The van der Waals surface area contributed by atoms with E-state index in [0.717, 1.165) is 12.2 Å². The molecule has 0 aliphatic carbocycles. The van der Waals surface area contributed by atoms with E-state index in [9.17, 15) is 4.79 Å². The van der Waals surface area contributed by atoms with Crippen molar-refractivity contribution >= 4 is 17.8 Å². The van der Waals surface area contributed by atoms with Crippen LogP contribution in [-0.4, -0.2) is 54.3 Å². The zero-order valence-corrected chi connectivity index (χ0v) is 12.0.